The molecule has 0 saturated carbocycles. The summed E-state index contributed by atoms with van der Waals surface area (Å²) in [4.78, 5) is 12.6. The summed E-state index contributed by atoms with van der Waals surface area (Å²) in [5.41, 5.74) is 6.80. The minimum Gasteiger partial charge on any atom is -0.330 e. The number of nitro benzene ring substituents is 1. The van der Waals surface area contributed by atoms with Gasteiger partial charge in [0.2, 0.25) is 0 Å². The maximum absolute atomic E-state index is 10.7. The highest BCUT2D eigenvalue weighted by Crippen LogP contribution is 2.19. The number of benzene rings is 1. The van der Waals surface area contributed by atoms with Crippen molar-refractivity contribution >= 4 is 18.1 Å². The van der Waals surface area contributed by atoms with E-state index in [9.17, 15) is 10.1 Å². The normalized spacial score (nSPS) is 19.5. The molecule has 18 heavy (non-hydrogen) atoms. The first kappa shape index (κ1) is 14.9. The second-order valence-electron chi connectivity index (χ2n) is 4.55. The average molecular weight is 272 g/mol. The molecular weight excluding hydrogens is 254 g/mol. The Balaban J connectivity index is 0.00000162. The fourth-order valence-electron chi connectivity index (χ4n) is 2.28. The fraction of sp³-hybridized carbons (Fsp3) is 0.500. The van der Waals surface area contributed by atoms with E-state index >= 15 is 0 Å². The molecule has 100 valence electrons. The molecule has 1 heterocycles. The first-order chi connectivity index (χ1) is 8.19. The van der Waals surface area contributed by atoms with Crippen LogP contribution in [0.2, 0.25) is 0 Å². The summed E-state index contributed by atoms with van der Waals surface area (Å²) in [6, 6.07) is 6.85. The summed E-state index contributed by atoms with van der Waals surface area (Å²) >= 11 is 0. The van der Waals surface area contributed by atoms with Gasteiger partial charge in [0.25, 0.3) is 5.69 Å². The van der Waals surface area contributed by atoms with E-state index in [0.717, 1.165) is 38.2 Å². The molecule has 1 aromatic rings. The van der Waals surface area contributed by atoms with Gasteiger partial charge in [-0.2, -0.15) is 0 Å². The molecule has 1 atom stereocenters. The van der Waals surface area contributed by atoms with Crippen LogP contribution in [0.5, 0.6) is 0 Å². The van der Waals surface area contributed by atoms with Gasteiger partial charge in [-0.15, -0.1) is 12.4 Å². The fourth-order valence-corrected chi connectivity index (χ4v) is 2.28. The van der Waals surface area contributed by atoms with Crippen LogP contribution in [0, 0.1) is 16.0 Å². The van der Waals surface area contributed by atoms with Gasteiger partial charge in [-0.25, -0.2) is 0 Å². The Labute approximate surface area is 113 Å². The van der Waals surface area contributed by atoms with E-state index in [-0.39, 0.29) is 23.0 Å². The van der Waals surface area contributed by atoms with Crippen LogP contribution in [-0.4, -0.2) is 29.5 Å². The van der Waals surface area contributed by atoms with E-state index in [1.165, 1.54) is 6.07 Å². The third kappa shape index (κ3) is 3.66. The van der Waals surface area contributed by atoms with Crippen molar-refractivity contribution in [2.24, 2.45) is 11.7 Å². The Bertz CT molecular complexity index is 414. The van der Waals surface area contributed by atoms with E-state index in [0.29, 0.717) is 5.92 Å². The molecule has 0 aliphatic carbocycles. The highest BCUT2D eigenvalue weighted by atomic mass is 35.5. The summed E-state index contributed by atoms with van der Waals surface area (Å²) in [7, 11) is 0. The molecule has 5 nitrogen and oxygen atoms in total. The zero-order chi connectivity index (χ0) is 12.3. The lowest BCUT2D eigenvalue weighted by Crippen LogP contribution is -2.22. The van der Waals surface area contributed by atoms with Crippen LogP contribution < -0.4 is 5.73 Å². The molecule has 0 bridgehead atoms. The smallest absolute Gasteiger partial charge is 0.269 e. The first-order valence-corrected chi connectivity index (χ1v) is 5.85. The minimum absolute atomic E-state index is 0. The summed E-state index contributed by atoms with van der Waals surface area (Å²) < 4.78 is 0. The summed E-state index contributed by atoms with van der Waals surface area (Å²) in [6.45, 7) is 3.54. The van der Waals surface area contributed by atoms with Gasteiger partial charge in [-0.05, 0) is 31.0 Å². The monoisotopic (exact) mass is 271 g/mol. The van der Waals surface area contributed by atoms with E-state index < -0.39 is 0 Å². The highest BCUT2D eigenvalue weighted by molar-refractivity contribution is 5.85. The molecule has 1 fully saturated rings. The number of hydrogen-bond donors (Lipinski definition) is 1. The highest BCUT2D eigenvalue weighted by Gasteiger charge is 2.21. The van der Waals surface area contributed by atoms with Gasteiger partial charge in [0.15, 0.2) is 0 Å². The number of non-ortho nitro benzene ring substituents is 1. The van der Waals surface area contributed by atoms with Crippen molar-refractivity contribution in [2.75, 3.05) is 19.6 Å². The largest absolute Gasteiger partial charge is 0.330 e. The summed E-state index contributed by atoms with van der Waals surface area (Å²) in [6.07, 6.45) is 1.13. The second-order valence-corrected chi connectivity index (χ2v) is 4.55. The van der Waals surface area contributed by atoms with Crippen LogP contribution in [0.4, 0.5) is 5.69 Å². The maximum Gasteiger partial charge on any atom is 0.269 e. The number of nitrogens with two attached hydrogens (primary N) is 1. The van der Waals surface area contributed by atoms with Gasteiger partial charge in [0, 0.05) is 25.2 Å². The van der Waals surface area contributed by atoms with Crippen molar-refractivity contribution in [1.29, 1.82) is 0 Å². The standard InChI is InChI=1S/C12H17N3O2.ClH/c13-7-11-4-5-14(9-11)8-10-2-1-3-12(6-10)15(16)17;/h1-3,6,11H,4-5,7-9,13H2;1H. The number of nitro groups is 1. The Kier molecular flexibility index (Phi) is 5.53. The Morgan fingerprint density at radius 1 is 1.50 bits per heavy atom. The zero-order valence-electron chi connectivity index (χ0n) is 10.1. The van der Waals surface area contributed by atoms with E-state index in [1.54, 1.807) is 12.1 Å². The first-order valence-electron chi connectivity index (χ1n) is 5.85. The molecule has 0 radical (unpaired) electrons. The molecule has 0 spiro atoms. The second kappa shape index (κ2) is 6.68. The molecule has 2 N–H and O–H groups in total. The molecule has 1 aliphatic rings. The molecule has 1 aliphatic heterocycles. The van der Waals surface area contributed by atoms with Gasteiger partial charge in [0.1, 0.15) is 0 Å². The Morgan fingerprint density at radius 3 is 2.89 bits per heavy atom. The minimum atomic E-state index is -0.351. The van der Waals surface area contributed by atoms with Crippen molar-refractivity contribution < 1.29 is 4.92 Å². The quantitative estimate of drug-likeness (QED) is 0.669. The zero-order valence-corrected chi connectivity index (χ0v) is 10.9. The van der Waals surface area contributed by atoms with E-state index in [2.05, 4.69) is 4.90 Å². The van der Waals surface area contributed by atoms with Crippen molar-refractivity contribution in [2.45, 2.75) is 13.0 Å². The van der Waals surface area contributed by atoms with E-state index in [4.69, 9.17) is 5.73 Å². The lowest BCUT2D eigenvalue weighted by atomic mass is 10.1. The van der Waals surface area contributed by atoms with Crippen LogP contribution in [0.25, 0.3) is 0 Å². The molecule has 1 unspecified atom stereocenters. The lowest BCUT2D eigenvalue weighted by Gasteiger charge is -2.15. The maximum atomic E-state index is 10.7. The van der Waals surface area contributed by atoms with Gasteiger partial charge >= 0.3 is 0 Å². The van der Waals surface area contributed by atoms with Crippen LogP contribution in [0.15, 0.2) is 24.3 Å². The number of rotatable bonds is 4. The lowest BCUT2D eigenvalue weighted by molar-refractivity contribution is -0.384. The molecule has 2 rings (SSSR count). The molecule has 1 aromatic carbocycles. The number of hydrogen-bond acceptors (Lipinski definition) is 4. The predicted octanol–water partition coefficient (Wildman–Crippen LogP) is 1.80. The predicted molar refractivity (Wildman–Crippen MR) is 72.8 cm³/mol. The number of nitrogens with zero attached hydrogens (tertiary/aromatic N) is 2. The van der Waals surface area contributed by atoms with Gasteiger partial charge in [0.05, 0.1) is 4.92 Å². The van der Waals surface area contributed by atoms with E-state index in [1.807, 2.05) is 6.07 Å². The van der Waals surface area contributed by atoms with Gasteiger partial charge in [-0.3, -0.25) is 15.0 Å². The van der Waals surface area contributed by atoms with Crippen molar-refractivity contribution in [3.8, 4) is 0 Å². The van der Waals surface area contributed by atoms with Crippen molar-refractivity contribution in [1.82, 2.24) is 4.90 Å². The summed E-state index contributed by atoms with van der Waals surface area (Å²) in [5.74, 6) is 0.577. The molecule has 0 amide bonds. The number of halogens is 1. The molecule has 0 aromatic heterocycles. The van der Waals surface area contributed by atoms with Crippen molar-refractivity contribution in [3.63, 3.8) is 0 Å². The van der Waals surface area contributed by atoms with Crippen LogP contribution >= 0.6 is 12.4 Å². The van der Waals surface area contributed by atoms with Crippen LogP contribution in [0.1, 0.15) is 12.0 Å². The molecule has 6 heteroatoms. The Hall–Kier alpha value is -1.17. The topological polar surface area (TPSA) is 72.4 Å². The molecular formula is C12H18ClN3O2. The number of likely N-dealkylation sites (tertiary alicyclic amines) is 1. The Morgan fingerprint density at radius 2 is 2.28 bits per heavy atom. The van der Waals surface area contributed by atoms with Gasteiger partial charge in [-0.1, -0.05) is 12.1 Å². The summed E-state index contributed by atoms with van der Waals surface area (Å²) in [5, 5.41) is 10.7. The SMILES string of the molecule is Cl.NCC1CCN(Cc2cccc([N+](=O)[O-])c2)C1. The third-order valence-electron chi connectivity index (χ3n) is 3.23. The third-order valence-corrected chi connectivity index (χ3v) is 3.23. The van der Waals surface area contributed by atoms with Crippen molar-refractivity contribution in [3.05, 3.63) is 39.9 Å². The van der Waals surface area contributed by atoms with Gasteiger partial charge < -0.3 is 5.73 Å². The average Bonchev–Trinajstić information content (AvgIpc) is 2.77. The van der Waals surface area contributed by atoms with Crippen LogP contribution in [-0.2, 0) is 6.54 Å². The molecule has 1 saturated heterocycles. The van der Waals surface area contributed by atoms with Crippen LogP contribution in [0.3, 0.4) is 0 Å².